The molecule has 0 heterocycles. The van der Waals surface area contributed by atoms with Gasteiger partial charge in [0.2, 0.25) is 0 Å². The van der Waals surface area contributed by atoms with Crippen LogP contribution >= 0.6 is 0 Å². The molecule has 2 aromatic rings. The minimum absolute atomic E-state index is 0.126. The third-order valence-corrected chi connectivity index (χ3v) is 3.23. The number of halogens is 4. The minimum Gasteiger partial charge on any atom is -0.306 e. The second kappa shape index (κ2) is 6.26. The van der Waals surface area contributed by atoms with E-state index in [0.29, 0.717) is 12.6 Å². The van der Waals surface area contributed by atoms with Gasteiger partial charge in [-0.2, -0.15) is 0 Å². The van der Waals surface area contributed by atoms with E-state index in [9.17, 15) is 17.6 Å². The zero-order valence-corrected chi connectivity index (χ0v) is 11.7. The highest BCUT2D eigenvalue weighted by Crippen LogP contribution is 2.28. The van der Waals surface area contributed by atoms with Crippen LogP contribution in [-0.2, 0) is 0 Å². The molecule has 0 aliphatic carbocycles. The van der Waals surface area contributed by atoms with Crippen LogP contribution in [0.25, 0.3) is 0 Å². The third kappa shape index (κ3) is 3.24. The number of hydrogen-bond donors (Lipinski definition) is 1. The van der Waals surface area contributed by atoms with Crippen LogP contribution in [0.15, 0.2) is 30.3 Å². The first-order valence-corrected chi connectivity index (χ1v) is 6.58. The summed E-state index contributed by atoms with van der Waals surface area (Å²) in [7, 11) is 0. The highest BCUT2D eigenvalue weighted by atomic mass is 19.2. The first-order valence-electron chi connectivity index (χ1n) is 6.58. The fraction of sp³-hybridized carbons (Fsp3) is 0.250. The molecule has 0 aliphatic heterocycles. The lowest BCUT2D eigenvalue weighted by Gasteiger charge is -2.20. The highest BCUT2D eigenvalue weighted by molar-refractivity contribution is 5.35. The lowest BCUT2D eigenvalue weighted by Crippen LogP contribution is -2.24. The fourth-order valence-corrected chi connectivity index (χ4v) is 2.22. The van der Waals surface area contributed by atoms with Crippen LogP contribution in [0.3, 0.4) is 0 Å². The lowest BCUT2D eigenvalue weighted by atomic mass is 9.96. The van der Waals surface area contributed by atoms with Crippen molar-refractivity contribution in [2.24, 2.45) is 0 Å². The molecule has 0 spiro atoms. The average Bonchev–Trinajstić information content (AvgIpc) is 2.41. The summed E-state index contributed by atoms with van der Waals surface area (Å²) >= 11 is 0. The van der Waals surface area contributed by atoms with Crippen molar-refractivity contribution in [1.29, 1.82) is 0 Å². The van der Waals surface area contributed by atoms with Crippen molar-refractivity contribution >= 4 is 0 Å². The molecule has 0 bridgehead atoms. The van der Waals surface area contributed by atoms with E-state index in [1.165, 1.54) is 12.1 Å². The molecule has 0 amide bonds. The third-order valence-electron chi connectivity index (χ3n) is 3.23. The molecule has 0 aromatic heterocycles. The molecule has 0 fully saturated rings. The molecule has 0 radical (unpaired) electrons. The molecule has 112 valence electrons. The van der Waals surface area contributed by atoms with E-state index in [1.807, 2.05) is 0 Å². The van der Waals surface area contributed by atoms with Gasteiger partial charge in [0, 0.05) is 17.2 Å². The van der Waals surface area contributed by atoms with Crippen molar-refractivity contribution in [3.8, 4) is 0 Å². The molecular formula is C16H15F4N. The maximum Gasteiger partial charge on any atom is 0.161 e. The van der Waals surface area contributed by atoms with Crippen LogP contribution in [0, 0.1) is 30.2 Å². The van der Waals surface area contributed by atoms with E-state index >= 15 is 0 Å². The van der Waals surface area contributed by atoms with Gasteiger partial charge in [-0.05, 0) is 31.2 Å². The summed E-state index contributed by atoms with van der Waals surface area (Å²) in [6, 6.07) is 4.86. The summed E-state index contributed by atoms with van der Waals surface area (Å²) in [6.07, 6.45) is 0. The first-order chi connectivity index (χ1) is 9.93. The van der Waals surface area contributed by atoms with Gasteiger partial charge >= 0.3 is 0 Å². The standard InChI is InChI=1S/C16H15F4N/c1-3-21-16(10-5-4-9(2)6-12(10)17)11-7-14(19)15(20)8-13(11)18/h4-8,16,21H,3H2,1-2H3. The van der Waals surface area contributed by atoms with E-state index < -0.39 is 29.3 Å². The van der Waals surface area contributed by atoms with Crippen molar-refractivity contribution in [2.75, 3.05) is 6.54 Å². The maximum atomic E-state index is 14.1. The van der Waals surface area contributed by atoms with Gasteiger partial charge < -0.3 is 5.32 Å². The SMILES string of the molecule is CCNC(c1ccc(C)cc1F)c1cc(F)c(F)cc1F. The number of benzene rings is 2. The van der Waals surface area contributed by atoms with Gasteiger partial charge in [0.1, 0.15) is 11.6 Å². The molecule has 1 nitrogen and oxygen atoms in total. The Labute approximate surface area is 120 Å². The number of aryl methyl sites for hydroxylation is 1. The zero-order valence-electron chi connectivity index (χ0n) is 11.7. The van der Waals surface area contributed by atoms with Crippen LogP contribution in [0.1, 0.15) is 29.7 Å². The van der Waals surface area contributed by atoms with E-state index in [1.54, 1.807) is 19.9 Å². The molecule has 1 unspecified atom stereocenters. The van der Waals surface area contributed by atoms with Gasteiger partial charge in [0.15, 0.2) is 11.6 Å². The van der Waals surface area contributed by atoms with Gasteiger partial charge in [0.25, 0.3) is 0 Å². The Morgan fingerprint density at radius 1 is 0.857 bits per heavy atom. The van der Waals surface area contributed by atoms with E-state index in [4.69, 9.17) is 0 Å². The molecular weight excluding hydrogens is 282 g/mol. The van der Waals surface area contributed by atoms with Crippen molar-refractivity contribution in [3.63, 3.8) is 0 Å². The minimum atomic E-state index is -1.27. The Bertz CT molecular complexity index is 655. The topological polar surface area (TPSA) is 12.0 Å². The van der Waals surface area contributed by atoms with Crippen LogP contribution in [-0.4, -0.2) is 6.54 Å². The quantitative estimate of drug-likeness (QED) is 0.657. The zero-order chi connectivity index (χ0) is 15.6. The molecule has 1 atom stereocenters. The predicted octanol–water partition coefficient (Wildman–Crippen LogP) is 4.25. The molecule has 5 heteroatoms. The monoisotopic (exact) mass is 297 g/mol. The van der Waals surface area contributed by atoms with E-state index in [2.05, 4.69) is 5.32 Å². The number of nitrogens with one attached hydrogen (secondary N) is 1. The Morgan fingerprint density at radius 2 is 1.48 bits per heavy atom. The Kier molecular flexibility index (Phi) is 4.63. The Morgan fingerprint density at radius 3 is 2.10 bits per heavy atom. The highest BCUT2D eigenvalue weighted by Gasteiger charge is 2.22. The van der Waals surface area contributed by atoms with E-state index in [0.717, 1.165) is 11.6 Å². The van der Waals surface area contributed by atoms with Gasteiger partial charge in [-0.25, -0.2) is 17.6 Å². The summed E-state index contributed by atoms with van der Waals surface area (Å²) in [6.45, 7) is 3.90. The lowest BCUT2D eigenvalue weighted by molar-refractivity contribution is 0.477. The molecule has 0 saturated carbocycles. The molecule has 1 N–H and O–H groups in total. The predicted molar refractivity (Wildman–Crippen MR) is 73.0 cm³/mol. The average molecular weight is 297 g/mol. The molecule has 2 aromatic carbocycles. The van der Waals surface area contributed by atoms with Gasteiger partial charge in [-0.1, -0.05) is 19.1 Å². The summed E-state index contributed by atoms with van der Waals surface area (Å²) in [5.41, 5.74) is 0.781. The second-order valence-electron chi connectivity index (χ2n) is 4.80. The summed E-state index contributed by atoms with van der Waals surface area (Å²) in [5.74, 6) is -3.87. The fourth-order valence-electron chi connectivity index (χ4n) is 2.22. The van der Waals surface area contributed by atoms with Gasteiger partial charge in [-0.3, -0.25) is 0 Å². The van der Waals surface area contributed by atoms with Gasteiger partial charge in [-0.15, -0.1) is 0 Å². The smallest absolute Gasteiger partial charge is 0.161 e. The van der Waals surface area contributed by atoms with Crippen LogP contribution in [0.4, 0.5) is 17.6 Å². The second-order valence-corrected chi connectivity index (χ2v) is 4.80. The molecule has 0 aliphatic rings. The van der Waals surface area contributed by atoms with Crippen LogP contribution < -0.4 is 5.32 Å². The normalized spacial score (nSPS) is 12.5. The van der Waals surface area contributed by atoms with Crippen molar-refractivity contribution in [1.82, 2.24) is 5.32 Å². The molecule has 21 heavy (non-hydrogen) atoms. The van der Waals surface area contributed by atoms with E-state index in [-0.39, 0.29) is 11.1 Å². The van der Waals surface area contributed by atoms with Crippen LogP contribution in [0.2, 0.25) is 0 Å². The maximum absolute atomic E-state index is 14.1. The number of hydrogen-bond acceptors (Lipinski definition) is 1. The summed E-state index contributed by atoms with van der Waals surface area (Å²) in [4.78, 5) is 0. The Balaban J connectivity index is 2.55. The molecule has 2 rings (SSSR count). The molecule has 0 saturated heterocycles. The van der Waals surface area contributed by atoms with Crippen LogP contribution in [0.5, 0.6) is 0 Å². The first kappa shape index (κ1) is 15.5. The summed E-state index contributed by atoms with van der Waals surface area (Å²) in [5, 5.41) is 2.89. The summed E-state index contributed by atoms with van der Waals surface area (Å²) < 4.78 is 54.4. The largest absolute Gasteiger partial charge is 0.306 e. The van der Waals surface area contributed by atoms with Gasteiger partial charge in [0.05, 0.1) is 6.04 Å². The van der Waals surface area contributed by atoms with Crippen molar-refractivity contribution in [3.05, 3.63) is 70.3 Å². The Hall–Kier alpha value is -1.88. The van der Waals surface area contributed by atoms with Crippen molar-refractivity contribution < 1.29 is 17.6 Å². The van der Waals surface area contributed by atoms with Crippen molar-refractivity contribution in [2.45, 2.75) is 19.9 Å². The number of rotatable bonds is 4.